The number of rotatable bonds is 3. The number of aromatic nitrogens is 3. The van der Waals surface area contributed by atoms with Crippen LogP contribution >= 0.6 is 0 Å². The predicted octanol–water partition coefficient (Wildman–Crippen LogP) is 3.70. The Labute approximate surface area is 187 Å². The minimum Gasteiger partial charge on any atom is -0.444 e. The van der Waals surface area contributed by atoms with Gasteiger partial charge in [0.05, 0.1) is 11.6 Å². The van der Waals surface area contributed by atoms with Crippen LogP contribution in [0.2, 0.25) is 0 Å². The van der Waals surface area contributed by atoms with Crippen LogP contribution in [0.4, 0.5) is 4.79 Å². The zero-order valence-corrected chi connectivity index (χ0v) is 18.5. The molecule has 0 saturated carbocycles. The van der Waals surface area contributed by atoms with E-state index in [1.165, 1.54) is 0 Å². The second kappa shape index (κ2) is 8.82. The highest BCUT2D eigenvalue weighted by molar-refractivity contribution is 5.94. The highest BCUT2D eigenvalue weighted by Gasteiger charge is 2.35. The first-order valence-electron chi connectivity index (χ1n) is 10.6. The van der Waals surface area contributed by atoms with E-state index in [4.69, 9.17) is 4.74 Å². The molecule has 1 saturated heterocycles. The Hall–Kier alpha value is -3.68. The fraction of sp³-hybridized carbons (Fsp3) is 0.333. The molecule has 4 rings (SSSR count). The largest absolute Gasteiger partial charge is 0.444 e. The predicted molar refractivity (Wildman–Crippen MR) is 119 cm³/mol. The number of pyridine rings is 2. The molecule has 0 N–H and O–H groups in total. The zero-order valence-electron chi connectivity index (χ0n) is 18.5. The van der Waals surface area contributed by atoms with Crippen molar-refractivity contribution in [1.82, 2.24) is 24.3 Å². The summed E-state index contributed by atoms with van der Waals surface area (Å²) in [7, 11) is 0. The molecule has 1 aliphatic heterocycles. The van der Waals surface area contributed by atoms with E-state index < -0.39 is 5.60 Å². The Morgan fingerprint density at radius 1 is 1.03 bits per heavy atom. The molecule has 0 aliphatic carbocycles. The summed E-state index contributed by atoms with van der Waals surface area (Å²) < 4.78 is 7.43. The lowest BCUT2D eigenvalue weighted by molar-refractivity contribution is 0.00404. The molecule has 8 heteroatoms. The molecule has 2 amide bonds. The van der Waals surface area contributed by atoms with Crippen molar-refractivity contribution in [2.24, 2.45) is 0 Å². The van der Waals surface area contributed by atoms with Gasteiger partial charge in [-0.15, -0.1) is 0 Å². The number of hydrogen-bond donors (Lipinski definition) is 0. The van der Waals surface area contributed by atoms with Crippen molar-refractivity contribution >= 4 is 12.0 Å². The van der Waals surface area contributed by atoms with E-state index in [2.05, 4.69) is 9.97 Å². The summed E-state index contributed by atoms with van der Waals surface area (Å²) in [5, 5.41) is 0. The van der Waals surface area contributed by atoms with Gasteiger partial charge in [-0.2, -0.15) is 0 Å². The maximum absolute atomic E-state index is 13.4. The minimum atomic E-state index is -0.582. The lowest BCUT2D eigenvalue weighted by Gasteiger charge is -2.41. The van der Waals surface area contributed by atoms with Crippen LogP contribution in [0, 0.1) is 0 Å². The maximum Gasteiger partial charge on any atom is 0.410 e. The van der Waals surface area contributed by atoms with Gasteiger partial charge in [0.25, 0.3) is 5.91 Å². The molecule has 1 aliphatic rings. The molecular formula is C24H27N5O3. The van der Waals surface area contributed by atoms with Gasteiger partial charge in [0.15, 0.2) is 0 Å². The first kappa shape index (κ1) is 21.5. The molecule has 3 aromatic rings. The second-order valence-electron chi connectivity index (χ2n) is 8.72. The van der Waals surface area contributed by atoms with Crippen molar-refractivity contribution < 1.29 is 14.3 Å². The summed E-state index contributed by atoms with van der Waals surface area (Å²) in [6, 6.07) is 10.9. The third-order valence-electron chi connectivity index (χ3n) is 5.23. The lowest BCUT2D eigenvalue weighted by atomic mass is 10.0. The highest BCUT2D eigenvalue weighted by Crippen LogP contribution is 2.28. The molecule has 1 fully saturated rings. The topological polar surface area (TPSA) is 80.6 Å². The number of hydrogen-bond acceptors (Lipinski definition) is 5. The fourth-order valence-corrected chi connectivity index (χ4v) is 3.70. The minimum absolute atomic E-state index is 0.130. The average Bonchev–Trinajstić information content (AvgIpc) is 3.33. The van der Waals surface area contributed by atoms with Gasteiger partial charge < -0.3 is 19.1 Å². The van der Waals surface area contributed by atoms with Crippen LogP contribution < -0.4 is 0 Å². The van der Waals surface area contributed by atoms with Crippen molar-refractivity contribution in [3.8, 4) is 5.82 Å². The first-order valence-corrected chi connectivity index (χ1v) is 10.6. The van der Waals surface area contributed by atoms with Gasteiger partial charge >= 0.3 is 6.09 Å². The van der Waals surface area contributed by atoms with Gasteiger partial charge in [0.2, 0.25) is 0 Å². The van der Waals surface area contributed by atoms with Crippen LogP contribution in [-0.2, 0) is 4.74 Å². The monoisotopic (exact) mass is 433 g/mol. The summed E-state index contributed by atoms with van der Waals surface area (Å²) in [5.41, 5.74) is 0.785. The van der Waals surface area contributed by atoms with E-state index in [1.807, 2.05) is 68.1 Å². The Morgan fingerprint density at radius 3 is 2.44 bits per heavy atom. The Morgan fingerprint density at radius 2 is 1.81 bits per heavy atom. The first-order chi connectivity index (χ1) is 15.3. The number of amides is 2. The maximum atomic E-state index is 13.4. The number of piperazine rings is 1. The van der Waals surface area contributed by atoms with Crippen LogP contribution in [0.25, 0.3) is 5.82 Å². The number of carbonyl (C=O) groups excluding carboxylic acids is 2. The molecule has 0 unspecified atom stereocenters. The van der Waals surface area contributed by atoms with E-state index in [1.54, 1.807) is 34.5 Å². The quantitative estimate of drug-likeness (QED) is 0.629. The molecule has 1 atom stereocenters. The smallest absolute Gasteiger partial charge is 0.410 e. The SMILES string of the molecule is CC(C)(C)OC(=O)N1CCN(C(=O)c2ccc(-n3cccc3)nc2)[C@@H](c2cccnc2)C1. The van der Waals surface area contributed by atoms with Crippen LogP contribution in [-0.4, -0.2) is 61.6 Å². The second-order valence-corrected chi connectivity index (χ2v) is 8.72. The number of ether oxygens (including phenoxy) is 1. The molecule has 32 heavy (non-hydrogen) atoms. The molecule has 0 radical (unpaired) electrons. The zero-order chi connectivity index (χ0) is 22.7. The molecule has 0 bridgehead atoms. The van der Waals surface area contributed by atoms with Gasteiger partial charge in [-0.3, -0.25) is 9.78 Å². The van der Waals surface area contributed by atoms with Crippen LogP contribution in [0.1, 0.15) is 42.7 Å². The third-order valence-corrected chi connectivity index (χ3v) is 5.23. The van der Waals surface area contributed by atoms with Gasteiger partial charge in [-0.05, 0) is 56.7 Å². The van der Waals surface area contributed by atoms with Crippen LogP contribution in [0.15, 0.2) is 67.4 Å². The van der Waals surface area contributed by atoms with Gasteiger partial charge in [-0.25, -0.2) is 9.78 Å². The van der Waals surface area contributed by atoms with Gasteiger partial charge in [0, 0.05) is 50.6 Å². The molecule has 0 spiro atoms. The molecule has 8 nitrogen and oxygen atoms in total. The van der Waals surface area contributed by atoms with Crippen molar-refractivity contribution in [2.75, 3.05) is 19.6 Å². The Kier molecular flexibility index (Phi) is 5.94. The number of carbonyl (C=O) groups is 2. The molecule has 0 aromatic carbocycles. The lowest BCUT2D eigenvalue weighted by Crippen LogP contribution is -2.53. The Bertz CT molecular complexity index is 1060. The van der Waals surface area contributed by atoms with Crippen molar-refractivity contribution in [3.05, 3.63) is 78.5 Å². The van der Waals surface area contributed by atoms with E-state index >= 15 is 0 Å². The summed E-state index contributed by atoms with van der Waals surface area (Å²) in [6.07, 6.45) is 8.44. The van der Waals surface area contributed by atoms with E-state index in [0.717, 1.165) is 11.4 Å². The van der Waals surface area contributed by atoms with Crippen LogP contribution in [0.5, 0.6) is 0 Å². The van der Waals surface area contributed by atoms with E-state index in [9.17, 15) is 9.59 Å². The van der Waals surface area contributed by atoms with E-state index in [0.29, 0.717) is 25.2 Å². The van der Waals surface area contributed by atoms with Crippen LogP contribution in [0.3, 0.4) is 0 Å². The molecule has 3 aromatic heterocycles. The molecular weight excluding hydrogens is 406 g/mol. The molecule has 4 heterocycles. The van der Waals surface area contributed by atoms with Gasteiger partial charge in [-0.1, -0.05) is 6.07 Å². The van der Waals surface area contributed by atoms with Gasteiger partial charge in [0.1, 0.15) is 11.4 Å². The standard InChI is InChI=1S/C24H27N5O3/c1-24(2,3)32-23(31)28-13-14-29(20(17-28)18-7-6-10-25-15-18)22(30)19-8-9-21(26-16-19)27-11-4-5-12-27/h4-12,15-16,20H,13-14,17H2,1-3H3/t20-/m1/s1. The normalized spacial score (nSPS) is 16.7. The summed E-state index contributed by atoms with van der Waals surface area (Å²) in [5.74, 6) is 0.611. The summed E-state index contributed by atoms with van der Waals surface area (Å²) in [4.78, 5) is 38.1. The van der Waals surface area contributed by atoms with Crippen molar-refractivity contribution in [1.29, 1.82) is 0 Å². The molecule has 166 valence electrons. The fourth-order valence-electron chi connectivity index (χ4n) is 3.70. The van der Waals surface area contributed by atoms with E-state index in [-0.39, 0.29) is 18.0 Å². The Balaban J connectivity index is 1.56. The van der Waals surface area contributed by atoms with Crippen molar-refractivity contribution in [2.45, 2.75) is 32.4 Å². The number of nitrogens with zero attached hydrogens (tertiary/aromatic N) is 5. The summed E-state index contributed by atoms with van der Waals surface area (Å²) in [6.45, 7) is 6.64. The van der Waals surface area contributed by atoms with Crippen molar-refractivity contribution in [3.63, 3.8) is 0 Å². The highest BCUT2D eigenvalue weighted by atomic mass is 16.6. The average molecular weight is 434 g/mol. The third kappa shape index (κ3) is 4.80. The summed E-state index contributed by atoms with van der Waals surface area (Å²) >= 11 is 0.